The molecule has 0 aromatic heterocycles. The van der Waals surface area contributed by atoms with Gasteiger partial charge < -0.3 is 4.74 Å². The maximum Gasteiger partial charge on any atom is 0.216 e. The Labute approximate surface area is 95.5 Å². The molecule has 0 fully saturated rings. The van der Waals surface area contributed by atoms with Crippen molar-refractivity contribution in [3.05, 3.63) is 29.3 Å². The maximum atomic E-state index is 11.5. The molecule has 1 aliphatic carbocycles. The largest absolute Gasteiger partial charge is 0.497 e. The second-order valence-corrected chi connectivity index (χ2v) is 5.78. The van der Waals surface area contributed by atoms with Crippen LogP contribution in [0.4, 0.5) is 0 Å². The second-order valence-electron chi connectivity index (χ2n) is 4.03. The van der Waals surface area contributed by atoms with Crippen molar-refractivity contribution in [2.24, 2.45) is 5.14 Å². The molecule has 0 radical (unpaired) electrons. The third kappa shape index (κ3) is 2.05. The number of ether oxygens (including phenoxy) is 1. The number of nitrogens with two attached hydrogens (primary N) is 1. The molecule has 0 saturated carbocycles. The van der Waals surface area contributed by atoms with Crippen LogP contribution >= 0.6 is 0 Å². The normalized spacial score (nSPS) is 20.2. The van der Waals surface area contributed by atoms with E-state index in [2.05, 4.69) is 0 Å². The highest BCUT2D eigenvalue weighted by atomic mass is 32.2. The summed E-state index contributed by atoms with van der Waals surface area (Å²) in [5, 5.41) is 4.67. The second kappa shape index (κ2) is 4.07. The molecule has 0 saturated heterocycles. The van der Waals surface area contributed by atoms with Gasteiger partial charge in [-0.25, -0.2) is 13.6 Å². The average molecular weight is 241 g/mol. The zero-order valence-electron chi connectivity index (χ0n) is 9.14. The molecule has 2 rings (SSSR count). The molecule has 1 unspecified atom stereocenters. The van der Waals surface area contributed by atoms with Crippen molar-refractivity contribution >= 4 is 10.0 Å². The molecule has 1 atom stereocenters. The van der Waals surface area contributed by atoms with Crippen LogP contribution in [0.5, 0.6) is 5.75 Å². The monoisotopic (exact) mass is 241 g/mol. The van der Waals surface area contributed by atoms with Gasteiger partial charge in [0, 0.05) is 0 Å². The lowest BCUT2D eigenvalue weighted by molar-refractivity contribution is 0.413. The van der Waals surface area contributed by atoms with Crippen LogP contribution in [0.25, 0.3) is 0 Å². The Bertz CT molecular complexity index is 496. The number of methoxy groups -OCH3 is 1. The topological polar surface area (TPSA) is 69.4 Å². The zero-order valence-corrected chi connectivity index (χ0v) is 9.96. The summed E-state index contributed by atoms with van der Waals surface area (Å²) in [4.78, 5) is 0. The fourth-order valence-electron chi connectivity index (χ4n) is 2.20. The minimum atomic E-state index is -3.52. The van der Waals surface area contributed by atoms with E-state index in [4.69, 9.17) is 9.88 Å². The number of rotatable bonds is 2. The smallest absolute Gasteiger partial charge is 0.216 e. The van der Waals surface area contributed by atoms with Crippen molar-refractivity contribution in [3.8, 4) is 5.75 Å². The number of aryl methyl sites for hydroxylation is 1. The SMILES string of the molecule is COc1ccc2c(c1)C(S(N)(=O)=O)CCC2. The fraction of sp³-hybridized carbons (Fsp3) is 0.455. The van der Waals surface area contributed by atoms with Crippen LogP contribution < -0.4 is 9.88 Å². The van der Waals surface area contributed by atoms with Crippen LogP contribution in [0.1, 0.15) is 29.2 Å². The number of hydrogen-bond donors (Lipinski definition) is 1. The highest BCUT2D eigenvalue weighted by molar-refractivity contribution is 7.89. The quantitative estimate of drug-likeness (QED) is 0.850. The van der Waals surface area contributed by atoms with E-state index in [1.165, 1.54) is 0 Å². The third-order valence-electron chi connectivity index (χ3n) is 3.01. The van der Waals surface area contributed by atoms with Crippen LogP contribution in [-0.2, 0) is 16.4 Å². The molecule has 88 valence electrons. The van der Waals surface area contributed by atoms with E-state index in [0.717, 1.165) is 24.0 Å². The molecule has 0 amide bonds. The fourth-order valence-corrected chi connectivity index (χ4v) is 3.27. The van der Waals surface area contributed by atoms with Crippen LogP contribution in [0.2, 0.25) is 0 Å². The number of hydrogen-bond acceptors (Lipinski definition) is 3. The van der Waals surface area contributed by atoms with E-state index in [1.807, 2.05) is 12.1 Å². The van der Waals surface area contributed by atoms with Gasteiger partial charge >= 0.3 is 0 Å². The first-order valence-corrected chi connectivity index (χ1v) is 6.82. The first kappa shape index (κ1) is 11.4. The summed E-state index contributed by atoms with van der Waals surface area (Å²) in [5.41, 5.74) is 1.86. The van der Waals surface area contributed by atoms with Crippen molar-refractivity contribution in [3.63, 3.8) is 0 Å². The highest BCUT2D eigenvalue weighted by Gasteiger charge is 2.29. The predicted molar refractivity (Wildman–Crippen MR) is 61.8 cm³/mol. The van der Waals surface area contributed by atoms with Gasteiger partial charge in [-0.3, -0.25) is 0 Å². The van der Waals surface area contributed by atoms with Crippen molar-refractivity contribution in [1.29, 1.82) is 0 Å². The van der Waals surface area contributed by atoms with E-state index < -0.39 is 15.3 Å². The van der Waals surface area contributed by atoms with Crippen molar-refractivity contribution < 1.29 is 13.2 Å². The summed E-state index contributed by atoms with van der Waals surface area (Å²) in [6.07, 6.45) is 2.37. The average Bonchev–Trinajstić information content (AvgIpc) is 2.26. The summed E-state index contributed by atoms with van der Waals surface area (Å²) < 4.78 is 28.1. The molecule has 5 heteroatoms. The molecule has 4 nitrogen and oxygen atoms in total. The molecule has 1 aromatic rings. The van der Waals surface area contributed by atoms with Crippen molar-refractivity contribution in [1.82, 2.24) is 0 Å². The van der Waals surface area contributed by atoms with Gasteiger partial charge in [-0.1, -0.05) is 6.07 Å². The lowest BCUT2D eigenvalue weighted by Gasteiger charge is -2.24. The lowest BCUT2D eigenvalue weighted by Crippen LogP contribution is -2.25. The van der Waals surface area contributed by atoms with Crippen LogP contribution in [0, 0.1) is 0 Å². The Morgan fingerprint density at radius 2 is 2.19 bits per heavy atom. The van der Waals surface area contributed by atoms with Gasteiger partial charge in [-0.2, -0.15) is 0 Å². The standard InChI is InChI=1S/C11H15NO3S/c1-15-9-6-5-8-3-2-4-11(10(8)7-9)16(12,13)14/h5-7,11H,2-4H2,1H3,(H2,12,13,14). The van der Waals surface area contributed by atoms with Crippen LogP contribution in [0.3, 0.4) is 0 Å². The van der Waals surface area contributed by atoms with Crippen molar-refractivity contribution in [2.45, 2.75) is 24.5 Å². The number of benzene rings is 1. The number of sulfonamides is 1. The minimum Gasteiger partial charge on any atom is -0.497 e. The Morgan fingerprint density at radius 3 is 2.81 bits per heavy atom. The van der Waals surface area contributed by atoms with Crippen LogP contribution in [0.15, 0.2) is 18.2 Å². The summed E-state index contributed by atoms with van der Waals surface area (Å²) in [7, 11) is -1.95. The lowest BCUT2D eigenvalue weighted by atomic mass is 9.91. The van der Waals surface area contributed by atoms with Gasteiger partial charge in [0.1, 0.15) is 11.0 Å². The summed E-state index contributed by atoms with van der Waals surface area (Å²) in [5.74, 6) is 0.675. The first-order valence-electron chi connectivity index (χ1n) is 5.21. The number of primary sulfonamides is 1. The molecule has 1 aromatic carbocycles. The van der Waals surface area contributed by atoms with Gasteiger partial charge in [-0.15, -0.1) is 0 Å². The van der Waals surface area contributed by atoms with E-state index in [1.54, 1.807) is 13.2 Å². The molecular weight excluding hydrogens is 226 g/mol. The number of fused-ring (bicyclic) bond motifs is 1. The molecule has 0 heterocycles. The summed E-state index contributed by atoms with van der Waals surface area (Å²) >= 11 is 0. The third-order valence-corrected chi connectivity index (χ3v) is 4.29. The Kier molecular flexibility index (Phi) is 2.90. The minimum absolute atomic E-state index is 0.577. The molecule has 0 aliphatic heterocycles. The van der Waals surface area contributed by atoms with Gasteiger partial charge in [-0.05, 0) is 42.5 Å². The van der Waals surface area contributed by atoms with Gasteiger partial charge in [0.2, 0.25) is 10.0 Å². The first-order chi connectivity index (χ1) is 7.52. The summed E-state index contributed by atoms with van der Waals surface area (Å²) in [6, 6.07) is 5.55. The van der Waals surface area contributed by atoms with E-state index in [0.29, 0.717) is 12.2 Å². The molecular formula is C11H15NO3S. The van der Waals surface area contributed by atoms with E-state index in [-0.39, 0.29) is 0 Å². The Morgan fingerprint density at radius 1 is 1.44 bits per heavy atom. The maximum absolute atomic E-state index is 11.5. The van der Waals surface area contributed by atoms with Gasteiger partial charge in [0.05, 0.1) is 7.11 Å². The Balaban J connectivity index is 2.52. The Hall–Kier alpha value is -1.07. The molecule has 1 aliphatic rings. The van der Waals surface area contributed by atoms with Gasteiger partial charge in [0.15, 0.2) is 0 Å². The summed E-state index contributed by atoms with van der Waals surface area (Å²) in [6.45, 7) is 0. The molecule has 0 spiro atoms. The highest BCUT2D eigenvalue weighted by Crippen LogP contribution is 2.36. The van der Waals surface area contributed by atoms with Gasteiger partial charge in [0.25, 0.3) is 0 Å². The molecule has 16 heavy (non-hydrogen) atoms. The van der Waals surface area contributed by atoms with Crippen molar-refractivity contribution in [2.75, 3.05) is 7.11 Å². The van der Waals surface area contributed by atoms with Crippen LogP contribution in [-0.4, -0.2) is 15.5 Å². The predicted octanol–water partition coefficient (Wildman–Crippen LogP) is 1.36. The van der Waals surface area contributed by atoms with E-state index in [9.17, 15) is 8.42 Å². The molecule has 0 bridgehead atoms. The zero-order chi connectivity index (χ0) is 11.8. The molecule has 2 N–H and O–H groups in total. The van der Waals surface area contributed by atoms with E-state index >= 15 is 0 Å².